The van der Waals surface area contributed by atoms with E-state index in [-0.39, 0.29) is 5.56 Å². The number of hydrogen-bond acceptors (Lipinski definition) is 3. The number of carboxylic acid groups (broad SMARTS) is 1. The summed E-state index contributed by atoms with van der Waals surface area (Å²) < 4.78 is 25.9. The average molecular weight is 281 g/mol. The molecular formula is C13H9F2NO2S. The summed E-state index contributed by atoms with van der Waals surface area (Å²) in [6, 6.07) is 6.31. The van der Waals surface area contributed by atoms with Gasteiger partial charge in [0, 0.05) is 18.0 Å². The van der Waals surface area contributed by atoms with Crippen molar-refractivity contribution < 1.29 is 18.7 Å². The fourth-order valence-corrected chi connectivity index (χ4v) is 2.22. The third-order valence-electron chi connectivity index (χ3n) is 2.29. The van der Waals surface area contributed by atoms with E-state index in [1.807, 2.05) is 0 Å². The van der Waals surface area contributed by atoms with Gasteiger partial charge in [-0.1, -0.05) is 0 Å². The third-order valence-corrected chi connectivity index (χ3v) is 3.31. The number of carboxylic acids is 1. The van der Waals surface area contributed by atoms with Crippen LogP contribution in [-0.2, 0) is 5.75 Å². The van der Waals surface area contributed by atoms with Gasteiger partial charge in [-0.15, -0.1) is 11.8 Å². The van der Waals surface area contributed by atoms with Gasteiger partial charge in [-0.2, -0.15) is 0 Å². The lowest BCUT2D eigenvalue weighted by atomic mass is 10.2. The molecule has 0 radical (unpaired) electrons. The van der Waals surface area contributed by atoms with E-state index in [2.05, 4.69) is 4.98 Å². The molecule has 1 aromatic heterocycles. The topological polar surface area (TPSA) is 50.2 Å². The lowest BCUT2D eigenvalue weighted by Gasteiger charge is -2.02. The van der Waals surface area contributed by atoms with Gasteiger partial charge in [0.1, 0.15) is 11.6 Å². The second-order valence-corrected chi connectivity index (χ2v) is 4.75. The fraction of sp³-hybridized carbons (Fsp3) is 0.0769. The van der Waals surface area contributed by atoms with Gasteiger partial charge in [0.2, 0.25) is 0 Å². The summed E-state index contributed by atoms with van der Waals surface area (Å²) in [5, 5.41) is 9.31. The predicted octanol–water partition coefficient (Wildman–Crippen LogP) is 3.35. The zero-order valence-electron chi connectivity index (χ0n) is 9.64. The van der Waals surface area contributed by atoms with Crippen molar-refractivity contribution in [2.45, 2.75) is 10.8 Å². The van der Waals surface area contributed by atoms with E-state index in [0.717, 1.165) is 6.07 Å². The predicted molar refractivity (Wildman–Crippen MR) is 67.1 cm³/mol. The van der Waals surface area contributed by atoms with Crippen LogP contribution in [0.5, 0.6) is 0 Å². The van der Waals surface area contributed by atoms with Crippen LogP contribution in [0.4, 0.5) is 8.78 Å². The molecule has 0 aliphatic rings. The van der Waals surface area contributed by atoms with Gasteiger partial charge in [0.15, 0.2) is 0 Å². The van der Waals surface area contributed by atoms with Crippen molar-refractivity contribution in [1.82, 2.24) is 4.98 Å². The number of nitrogens with zero attached hydrogens (tertiary/aromatic N) is 1. The van der Waals surface area contributed by atoms with Crippen LogP contribution in [0.2, 0.25) is 0 Å². The molecule has 1 aromatic carbocycles. The second-order valence-electron chi connectivity index (χ2n) is 3.76. The minimum Gasteiger partial charge on any atom is -0.478 e. The Morgan fingerprint density at radius 1 is 1.21 bits per heavy atom. The zero-order valence-corrected chi connectivity index (χ0v) is 10.5. The summed E-state index contributed by atoms with van der Waals surface area (Å²) in [4.78, 5) is 14.6. The molecule has 0 atom stereocenters. The van der Waals surface area contributed by atoms with Crippen molar-refractivity contribution in [3.63, 3.8) is 0 Å². The normalized spacial score (nSPS) is 10.4. The standard InChI is InChI=1S/C13H9F2NO2S/c14-10-3-8(4-11(15)5-10)7-19-12-2-1-9(6-16-12)13(17)18/h1-6H,7H2,(H,17,18). The van der Waals surface area contributed by atoms with Gasteiger partial charge in [-0.25, -0.2) is 18.6 Å². The number of aromatic carboxylic acids is 1. The summed E-state index contributed by atoms with van der Waals surface area (Å²) in [5.74, 6) is -1.93. The third kappa shape index (κ3) is 3.75. The van der Waals surface area contributed by atoms with E-state index in [1.165, 1.54) is 36.2 Å². The van der Waals surface area contributed by atoms with Gasteiger partial charge in [-0.05, 0) is 29.8 Å². The Hall–Kier alpha value is -1.95. The molecule has 6 heteroatoms. The van der Waals surface area contributed by atoms with Gasteiger partial charge >= 0.3 is 5.97 Å². The highest BCUT2D eigenvalue weighted by atomic mass is 32.2. The highest BCUT2D eigenvalue weighted by Crippen LogP contribution is 2.22. The molecule has 0 fully saturated rings. The number of thioether (sulfide) groups is 1. The second kappa shape index (κ2) is 5.79. The maximum atomic E-state index is 13.0. The largest absolute Gasteiger partial charge is 0.478 e. The lowest BCUT2D eigenvalue weighted by Crippen LogP contribution is -1.96. The molecule has 2 aromatic rings. The fourth-order valence-electron chi connectivity index (χ4n) is 1.44. The quantitative estimate of drug-likeness (QED) is 0.873. The van der Waals surface area contributed by atoms with Crippen molar-refractivity contribution in [3.05, 3.63) is 59.3 Å². The minimum atomic E-state index is -1.05. The number of aromatic nitrogens is 1. The van der Waals surface area contributed by atoms with E-state index in [4.69, 9.17) is 5.11 Å². The molecule has 2 rings (SSSR count). The smallest absolute Gasteiger partial charge is 0.337 e. The molecule has 98 valence electrons. The summed E-state index contributed by atoms with van der Waals surface area (Å²) >= 11 is 1.27. The van der Waals surface area contributed by atoms with Crippen LogP contribution in [0.15, 0.2) is 41.6 Å². The molecular weight excluding hydrogens is 272 g/mol. The SMILES string of the molecule is O=C(O)c1ccc(SCc2cc(F)cc(F)c2)nc1. The number of hydrogen-bond donors (Lipinski definition) is 1. The molecule has 1 heterocycles. The summed E-state index contributed by atoms with van der Waals surface area (Å²) in [7, 11) is 0. The zero-order chi connectivity index (χ0) is 13.8. The lowest BCUT2D eigenvalue weighted by molar-refractivity contribution is 0.0696. The first kappa shape index (κ1) is 13.5. The van der Waals surface area contributed by atoms with Crippen LogP contribution >= 0.6 is 11.8 Å². The Morgan fingerprint density at radius 2 is 1.89 bits per heavy atom. The van der Waals surface area contributed by atoms with E-state index >= 15 is 0 Å². The maximum absolute atomic E-state index is 13.0. The molecule has 0 aliphatic carbocycles. The first-order valence-corrected chi connectivity index (χ1v) is 6.30. The average Bonchev–Trinajstić information content (AvgIpc) is 2.36. The molecule has 0 saturated heterocycles. The van der Waals surface area contributed by atoms with Gasteiger partial charge in [0.25, 0.3) is 0 Å². The Bertz CT molecular complexity index is 582. The molecule has 0 unspecified atom stereocenters. The van der Waals surface area contributed by atoms with Crippen molar-refractivity contribution in [2.75, 3.05) is 0 Å². The molecule has 0 aliphatic heterocycles. The molecule has 0 saturated carbocycles. The molecule has 0 amide bonds. The molecule has 0 bridgehead atoms. The highest BCUT2D eigenvalue weighted by Gasteiger charge is 2.05. The summed E-state index contributed by atoms with van der Waals surface area (Å²) in [5.41, 5.74) is 0.604. The van der Waals surface area contributed by atoms with Gasteiger partial charge in [-0.3, -0.25) is 0 Å². The highest BCUT2D eigenvalue weighted by molar-refractivity contribution is 7.98. The Labute approximate surface area is 112 Å². The van der Waals surface area contributed by atoms with Crippen LogP contribution in [0, 0.1) is 11.6 Å². The van der Waals surface area contributed by atoms with Crippen molar-refractivity contribution >= 4 is 17.7 Å². The monoisotopic (exact) mass is 281 g/mol. The minimum absolute atomic E-state index is 0.0983. The van der Waals surface area contributed by atoms with Crippen LogP contribution in [0.3, 0.4) is 0 Å². The number of benzene rings is 1. The number of halogens is 2. The van der Waals surface area contributed by atoms with E-state index in [9.17, 15) is 13.6 Å². The van der Waals surface area contributed by atoms with Crippen molar-refractivity contribution in [3.8, 4) is 0 Å². The first-order chi connectivity index (χ1) is 9.04. The van der Waals surface area contributed by atoms with Gasteiger partial charge < -0.3 is 5.11 Å². The van der Waals surface area contributed by atoms with Crippen LogP contribution in [-0.4, -0.2) is 16.1 Å². The van der Waals surface area contributed by atoms with Gasteiger partial charge in [0.05, 0.1) is 10.6 Å². The van der Waals surface area contributed by atoms with Crippen LogP contribution in [0.25, 0.3) is 0 Å². The first-order valence-electron chi connectivity index (χ1n) is 5.32. The molecule has 19 heavy (non-hydrogen) atoms. The summed E-state index contributed by atoms with van der Waals surface area (Å²) in [6.45, 7) is 0. The molecule has 0 spiro atoms. The van der Waals surface area contributed by atoms with E-state index in [0.29, 0.717) is 16.3 Å². The molecule has 1 N–H and O–H groups in total. The molecule has 3 nitrogen and oxygen atoms in total. The van der Waals surface area contributed by atoms with E-state index in [1.54, 1.807) is 6.07 Å². The Kier molecular flexibility index (Phi) is 4.11. The maximum Gasteiger partial charge on any atom is 0.337 e. The number of carbonyl (C=O) groups is 1. The van der Waals surface area contributed by atoms with Crippen LogP contribution < -0.4 is 0 Å². The Balaban J connectivity index is 2.03. The summed E-state index contributed by atoms with van der Waals surface area (Å²) in [6.07, 6.45) is 1.25. The van der Waals surface area contributed by atoms with E-state index < -0.39 is 17.6 Å². The van der Waals surface area contributed by atoms with Crippen molar-refractivity contribution in [1.29, 1.82) is 0 Å². The van der Waals surface area contributed by atoms with Crippen molar-refractivity contribution in [2.24, 2.45) is 0 Å². The van der Waals surface area contributed by atoms with Crippen LogP contribution in [0.1, 0.15) is 15.9 Å². The number of rotatable bonds is 4. The number of pyridine rings is 1. The Morgan fingerprint density at radius 3 is 2.42 bits per heavy atom.